The lowest BCUT2D eigenvalue weighted by Crippen LogP contribution is -2.42. The minimum Gasteiger partial charge on any atom is -0.408 e. The van der Waals surface area contributed by atoms with Crippen molar-refractivity contribution in [3.63, 3.8) is 0 Å². The average molecular weight is 196 g/mol. The van der Waals surface area contributed by atoms with Gasteiger partial charge < -0.3 is 18.6 Å². The van der Waals surface area contributed by atoms with Gasteiger partial charge in [-0.15, -0.1) is 6.58 Å². The van der Waals surface area contributed by atoms with Crippen molar-refractivity contribution in [3.05, 3.63) is 12.0 Å². The Kier molecular flexibility index (Phi) is 3.64. The summed E-state index contributed by atoms with van der Waals surface area (Å²) in [6.45, 7) is 6.78. The van der Waals surface area contributed by atoms with Crippen molar-refractivity contribution in [2.45, 2.75) is 12.8 Å². The van der Waals surface area contributed by atoms with Gasteiger partial charge in [-0.2, -0.15) is 0 Å². The molecule has 2 fully saturated rings. The van der Waals surface area contributed by atoms with Crippen LogP contribution in [-0.2, 0) is 18.6 Å². The largest absolute Gasteiger partial charge is 0.485 e. The molecule has 0 N–H and O–H groups in total. The van der Waals surface area contributed by atoms with Crippen molar-refractivity contribution in [1.29, 1.82) is 0 Å². The fourth-order valence-electron chi connectivity index (χ4n) is 1.51. The van der Waals surface area contributed by atoms with E-state index < -0.39 is 0 Å². The van der Waals surface area contributed by atoms with E-state index >= 15 is 0 Å². The van der Waals surface area contributed by atoms with Gasteiger partial charge in [0.1, 0.15) is 0 Å². The molecule has 0 aromatic carbocycles. The molecule has 76 valence electrons. The van der Waals surface area contributed by atoms with Gasteiger partial charge in [0.05, 0.1) is 0 Å². The Morgan fingerprint density at radius 2 is 1.14 bits per heavy atom. The second-order valence-corrected chi connectivity index (χ2v) is 3.43. The molecule has 0 aliphatic carbocycles. The van der Waals surface area contributed by atoms with Gasteiger partial charge in [0.15, 0.2) is 0 Å². The molecule has 0 aromatic heterocycles. The van der Waals surface area contributed by atoms with Crippen LogP contribution in [0.3, 0.4) is 0 Å². The summed E-state index contributed by atoms with van der Waals surface area (Å²) >= 11 is 0. The summed E-state index contributed by atoms with van der Waals surface area (Å²) in [5.74, 6) is 0. The first-order chi connectivity index (χ1) is 6.88. The first-order valence-electron chi connectivity index (χ1n) is 5.03. The molecular formula is C8H14B2O4. The van der Waals surface area contributed by atoms with E-state index in [-0.39, 0.29) is 14.2 Å². The summed E-state index contributed by atoms with van der Waals surface area (Å²) in [6.07, 6.45) is 1.88. The van der Waals surface area contributed by atoms with Gasteiger partial charge in [-0.25, -0.2) is 0 Å². The lowest BCUT2D eigenvalue weighted by atomic mass is 9.57. The minimum absolute atomic E-state index is 0.355. The normalized spacial score (nSPS) is 23.7. The molecule has 0 amide bonds. The Morgan fingerprint density at radius 3 is 1.50 bits per heavy atom. The molecule has 2 heterocycles. The van der Waals surface area contributed by atoms with Crippen LogP contribution in [0.2, 0.25) is 0 Å². The molecule has 2 saturated heterocycles. The third kappa shape index (κ3) is 2.39. The van der Waals surface area contributed by atoms with Gasteiger partial charge in [0.2, 0.25) is 0 Å². The molecule has 2 aliphatic heterocycles. The van der Waals surface area contributed by atoms with Crippen LogP contribution in [0, 0.1) is 0 Å². The minimum atomic E-state index is -0.355. The van der Waals surface area contributed by atoms with E-state index in [0.717, 1.165) is 44.6 Å². The second-order valence-electron chi connectivity index (χ2n) is 3.43. The Labute approximate surface area is 84.8 Å². The Hall–Kier alpha value is -0.290. The highest BCUT2D eigenvalue weighted by atomic mass is 16.6. The van der Waals surface area contributed by atoms with E-state index in [1.54, 1.807) is 0 Å². The summed E-state index contributed by atoms with van der Waals surface area (Å²) in [4.78, 5) is 0. The van der Waals surface area contributed by atoms with Gasteiger partial charge in [0.25, 0.3) is 0 Å². The molecule has 2 aliphatic rings. The van der Waals surface area contributed by atoms with E-state index in [4.69, 9.17) is 18.6 Å². The fraction of sp³-hybridized carbons (Fsp3) is 0.750. The van der Waals surface area contributed by atoms with Crippen LogP contribution in [0.4, 0.5) is 0 Å². The molecule has 2 rings (SSSR count). The van der Waals surface area contributed by atoms with Crippen molar-refractivity contribution in [1.82, 2.24) is 0 Å². The molecule has 0 bridgehead atoms. The van der Waals surface area contributed by atoms with Crippen LogP contribution < -0.4 is 0 Å². The number of hydrogen-bond donors (Lipinski definition) is 0. The molecule has 0 saturated carbocycles. The highest BCUT2D eigenvalue weighted by Crippen LogP contribution is 2.15. The Bertz CT molecular complexity index is 180. The summed E-state index contributed by atoms with van der Waals surface area (Å²) in [5.41, 5.74) is 0. The maximum Gasteiger partial charge on any atom is 0.485 e. The molecule has 0 spiro atoms. The number of rotatable bonds is 2. The van der Waals surface area contributed by atoms with Gasteiger partial charge in [0, 0.05) is 26.4 Å². The van der Waals surface area contributed by atoms with Crippen molar-refractivity contribution in [2.75, 3.05) is 26.4 Å². The highest BCUT2D eigenvalue weighted by Gasteiger charge is 2.37. The maximum absolute atomic E-state index is 5.41. The van der Waals surface area contributed by atoms with Crippen LogP contribution in [-0.4, -0.2) is 40.7 Å². The topological polar surface area (TPSA) is 36.9 Å². The molecule has 0 radical (unpaired) electrons. The summed E-state index contributed by atoms with van der Waals surface area (Å²) < 4.78 is 21.6. The predicted octanol–water partition coefficient (Wildman–Crippen LogP) is 0.471. The predicted molar refractivity (Wildman–Crippen MR) is 53.7 cm³/mol. The molecule has 0 aromatic rings. The first-order valence-corrected chi connectivity index (χ1v) is 5.03. The van der Waals surface area contributed by atoms with Crippen LogP contribution in [0.25, 0.3) is 0 Å². The summed E-state index contributed by atoms with van der Waals surface area (Å²) in [6, 6.07) is 0. The van der Waals surface area contributed by atoms with Crippen molar-refractivity contribution in [2.24, 2.45) is 0 Å². The van der Waals surface area contributed by atoms with Gasteiger partial charge in [-0.05, 0) is 18.2 Å². The van der Waals surface area contributed by atoms with E-state index in [2.05, 4.69) is 6.58 Å². The zero-order valence-corrected chi connectivity index (χ0v) is 8.24. The average Bonchev–Trinajstić information content (AvgIpc) is 2.30. The molecular weight excluding hydrogens is 182 g/mol. The van der Waals surface area contributed by atoms with Crippen LogP contribution in [0.5, 0.6) is 0 Å². The summed E-state index contributed by atoms with van der Waals surface area (Å²) in [7, 11) is -0.710. The molecule has 14 heavy (non-hydrogen) atoms. The first kappa shape index (κ1) is 10.2. The Morgan fingerprint density at radius 1 is 0.786 bits per heavy atom. The molecule has 0 atom stereocenters. The lowest BCUT2D eigenvalue weighted by molar-refractivity contribution is 0.127. The monoisotopic (exact) mass is 196 g/mol. The quantitative estimate of drug-likeness (QED) is 0.601. The third-order valence-corrected chi connectivity index (χ3v) is 2.26. The second kappa shape index (κ2) is 4.98. The van der Waals surface area contributed by atoms with Gasteiger partial charge >= 0.3 is 14.2 Å². The zero-order valence-electron chi connectivity index (χ0n) is 8.24. The van der Waals surface area contributed by atoms with Gasteiger partial charge in [-0.3, -0.25) is 0 Å². The fourth-order valence-corrected chi connectivity index (χ4v) is 1.51. The SMILES string of the molecule is C=C(B1OCCCO1)B1OCCCO1. The zero-order chi connectivity index (χ0) is 9.80. The maximum atomic E-state index is 5.41. The van der Waals surface area contributed by atoms with Crippen molar-refractivity contribution in [3.8, 4) is 0 Å². The van der Waals surface area contributed by atoms with E-state index in [9.17, 15) is 0 Å². The smallest absolute Gasteiger partial charge is 0.408 e. The van der Waals surface area contributed by atoms with E-state index in [1.807, 2.05) is 0 Å². The Balaban J connectivity index is 1.85. The van der Waals surface area contributed by atoms with Crippen LogP contribution >= 0.6 is 0 Å². The molecule has 0 unspecified atom stereocenters. The standard InChI is InChI=1S/C8H14B2O4/c1-8(9-11-4-2-5-12-9)10-13-6-3-7-14-10/h1-7H2. The summed E-state index contributed by atoms with van der Waals surface area (Å²) in [5, 5.41) is 0.740. The third-order valence-electron chi connectivity index (χ3n) is 2.26. The highest BCUT2D eigenvalue weighted by molar-refractivity contribution is 6.77. The lowest BCUT2D eigenvalue weighted by Gasteiger charge is -2.26. The van der Waals surface area contributed by atoms with Crippen LogP contribution in [0.15, 0.2) is 12.0 Å². The van der Waals surface area contributed by atoms with E-state index in [0.29, 0.717) is 0 Å². The molecule has 4 nitrogen and oxygen atoms in total. The van der Waals surface area contributed by atoms with Crippen molar-refractivity contribution < 1.29 is 18.6 Å². The molecule has 6 heteroatoms. The number of hydrogen-bond acceptors (Lipinski definition) is 4. The van der Waals surface area contributed by atoms with E-state index in [1.165, 1.54) is 0 Å². The van der Waals surface area contributed by atoms with Crippen LogP contribution in [0.1, 0.15) is 12.8 Å². The van der Waals surface area contributed by atoms with Crippen molar-refractivity contribution >= 4 is 14.2 Å². The van der Waals surface area contributed by atoms with Gasteiger partial charge in [-0.1, -0.05) is 0 Å².